The fourth-order valence-electron chi connectivity index (χ4n) is 2.55. The van der Waals surface area contributed by atoms with E-state index in [9.17, 15) is 4.79 Å². The summed E-state index contributed by atoms with van der Waals surface area (Å²) in [7, 11) is 0. The SMILES string of the molecule is CCCNC(CCN1CCC(C(C)C)C1)C(=O)O. The van der Waals surface area contributed by atoms with Crippen molar-refractivity contribution in [3.63, 3.8) is 0 Å². The number of hydrogen-bond donors (Lipinski definition) is 2. The van der Waals surface area contributed by atoms with Gasteiger partial charge >= 0.3 is 5.97 Å². The number of nitrogens with zero attached hydrogens (tertiary/aromatic N) is 1. The Balaban J connectivity index is 2.28. The predicted octanol–water partition coefficient (Wildman–Crippen LogP) is 1.81. The molecule has 1 aliphatic rings. The molecule has 0 aromatic heterocycles. The predicted molar refractivity (Wildman–Crippen MR) is 73.7 cm³/mol. The van der Waals surface area contributed by atoms with E-state index >= 15 is 0 Å². The van der Waals surface area contributed by atoms with E-state index in [-0.39, 0.29) is 6.04 Å². The molecule has 1 fully saturated rings. The molecule has 4 heteroatoms. The number of hydrogen-bond acceptors (Lipinski definition) is 3. The van der Waals surface area contributed by atoms with Crippen LogP contribution in [0.1, 0.15) is 40.0 Å². The molecule has 1 saturated heterocycles. The van der Waals surface area contributed by atoms with Gasteiger partial charge in [-0.15, -0.1) is 0 Å². The third-order valence-corrected chi connectivity index (χ3v) is 3.92. The Labute approximate surface area is 111 Å². The van der Waals surface area contributed by atoms with Crippen LogP contribution in [-0.2, 0) is 4.79 Å². The van der Waals surface area contributed by atoms with Gasteiger partial charge < -0.3 is 15.3 Å². The molecular formula is C14H28N2O2. The third kappa shape index (κ3) is 4.94. The first-order valence-electron chi connectivity index (χ1n) is 7.23. The van der Waals surface area contributed by atoms with E-state index < -0.39 is 5.97 Å². The molecule has 1 aliphatic heterocycles. The number of nitrogens with one attached hydrogen (secondary N) is 1. The summed E-state index contributed by atoms with van der Waals surface area (Å²) in [5.74, 6) is 0.809. The highest BCUT2D eigenvalue weighted by atomic mass is 16.4. The van der Waals surface area contributed by atoms with Gasteiger partial charge in [0.1, 0.15) is 6.04 Å². The molecule has 0 amide bonds. The number of carboxylic acids is 1. The van der Waals surface area contributed by atoms with E-state index in [1.807, 2.05) is 0 Å². The smallest absolute Gasteiger partial charge is 0.320 e. The van der Waals surface area contributed by atoms with E-state index in [0.29, 0.717) is 6.42 Å². The van der Waals surface area contributed by atoms with Crippen LogP contribution in [0.15, 0.2) is 0 Å². The van der Waals surface area contributed by atoms with Crippen LogP contribution in [0.3, 0.4) is 0 Å². The maximum absolute atomic E-state index is 11.1. The Morgan fingerprint density at radius 2 is 2.22 bits per heavy atom. The zero-order chi connectivity index (χ0) is 13.5. The van der Waals surface area contributed by atoms with Gasteiger partial charge in [0.25, 0.3) is 0 Å². The first-order chi connectivity index (χ1) is 8.54. The summed E-state index contributed by atoms with van der Waals surface area (Å²) in [6.45, 7) is 10.6. The van der Waals surface area contributed by atoms with Crippen LogP contribution in [-0.4, -0.2) is 48.2 Å². The minimum absolute atomic E-state index is 0.386. The summed E-state index contributed by atoms with van der Waals surface area (Å²) in [6, 6.07) is -0.386. The minimum atomic E-state index is -0.719. The van der Waals surface area contributed by atoms with Crippen LogP contribution in [0.25, 0.3) is 0 Å². The van der Waals surface area contributed by atoms with E-state index in [4.69, 9.17) is 5.11 Å². The maximum Gasteiger partial charge on any atom is 0.320 e. The fraction of sp³-hybridized carbons (Fsp3) is 0.929. The molecule has 2 atom stereocenters. The molecule has 18 heavy (non-hydrogen) atoms. The largest absolute Gasteiger partial charge is 0.480 e. The van der Waals surface area contributed by atoms with Gasteiger partial charge in [-0.2, -0.15) is 0 Å². The number of likely N-dealkylation sites (tertiary alicyclic amines) is 1. The molecule has 0 bridgehead atoms. The van der Waals surface area contributed by atoms with Crippen molar-refractivity contribution in [1.82, 2.24) is 10.2 Å². The van der Waals surface area contributed by atoms with Gasteiger partial charge in [-0.1, -0.05) is 20.8 Å². The summed E-state index contributed by atoms with van der Waals surface area (Å²) in [4.78, 5) is 13.5. The van der Waals surface area contributed by atoms with Crippen LogP contribution in [0.2, 0.25) is 0 Å². The molecule has 0 aliphatic carbocycles. The van der Waals surface area contributed by atoms with Crippen LogP contribution in [0, 0.1) is 11.8 Å². The lowest BCUT2D eigenvalue weighted by Crippen LogP contribution is -2.40. The summed E-state index contributed by atoms with van der Waals surface area (Å²) < 4.78 is 0. The second-order valence-corrected chi connectivity index (χ2v) is 5.73. The molecule has 106 valence electrons. The van der Waals surface area contributed by atoms with E-state index in [2.05, 4.69) is 31.0 Å². The highest BCUT2D eigenvalue weighted by Gasteiger charge is 2.26. The lowest BCUT2D eigenvalue weighted by molar-refractivity contribution is -0.139. The lowest BCUT2D eigenvalue weighted by Gasteiger charge is -2.20. The van der Waals surface area contributed by atoms with Crippen molar-refractivity contribution in [2.45, 2.75) is 46.1 Å². The van der Waals surface area contributed by atoms with Crippen molar-refractivity contribution in [3.05, 3.63) is 0 Å². The Hall–Kier alpha value is -0.610. The van der Waals surface area contributed by atoms with Crippen molar-refractivity contribution in [1.29, 1.82) is 0 Å². The lowest BCUT2D eigenvalue weighted by atomic mass is 9.95. The van der Waals surface area contributed by atoms with Crippen molar-refractivity contribution in [2.75, 3.05) is 26.2 Å². The van der Waals surface area contributed by atoms with E-state index in [1.165, 1.54) is 6.42 Å². The molecule has 0 saturated carbocycles. The summed E-state index contributed by atoms with van der Waals surface area (Å²) in [5.41, 5.74) is 0. The average Bonchev–Trinajstić information content (AvgIpc) is 2.77. The van der Waals surface area contributed by atoms with Crippen molar-refractivity contribution in [3.8, 4) is 0 Å². The molecular weight excluding hydrogens is 228 g/mol. The summed E-state index contributed by atoms with van der Waals surface area (Å²) in [5, 5.41) is 12.2. The van der Waals surface area contributed by atoms with Crippen LogP contribution >= 0.6 is 0 Å². The number of carbonyl (C=O) groups is 1. The molecule has 0 spiro atoms. The Morgan fingerprint density at radius 3 is 2.72 bits per heavy atom. The quantitative estimate of drug-likeness (QED) is 0.695. The molecule has 1 rings (SSSR count). The van der Waals surface area contributed by atoms with Crippen molar-refractivity contribution < 1.29 is 9.90 Å². The second-order valence-electron chi connectivity index (χ2n) is 5.73. The van der Waals surface area contributed by atoms with Gasteiger partial charge in [-0.3, -0.25) is 4.79 Å². The fourth-order valence-corrected chi connectivity index (χ4v) is 2.55. The standard InChI is InChI=1S/C14H28N2O2/c1-4-7-15-13(14(17)18)6-9-16-8-5-12(10-16)11(2)3/h11-13,15H,4-10H2,1-3H3,(H,17,18). The third-order valence-electron chi connectivity index (χ3n) is 3.92. The van der Waals surface area contributed by atoms with Gasteiger partial charge in [-0.25, -0.2) is 0 Å². The molecule has 2 unspecified atom stereocenters. The van der Waals surface area contributed by atoms with E-state index in [0.717, 1.165) is 44.4 Å². The number of carboxylic acid groups (broad SMARTS) is 1. The van der Waals surface area contributed by atoms with Gasteiger partial charge in [0, 0.05) is 13.1 Å². The van der Waals surface area contributed by atoms with E-state index in [1.54, 1.807) is 0 Å². The molecule has 0 aromatic carbocycles. The molecule has 0 radical (unpaired) electrons. The first kappa shape index (κ1) is 15.4. The average molecular weight is 256 g/mol. The van der Waals surface area contributed by atoms with Gasteiger partial charge in [-0.05, 0) is 44.2 Å². The first-order valence-corrected chi connectivity index (χ1v) is 7.23. The maximum atomic E-state index is 11.1. The Morgan fingerprint density at radius 1 is 1.50 bits per heavy atom. The highest BCUT2D eigenvalue weighted by molar-refractivity contribution is 5.73. The normalized spacial score (nSPS) is 22.6. The van der Waals surface area contributed by atoms with Crippen LogP contribution < -0.4 is 5.32 Å². The van der Waals surface area contributed by atoms with Crippen molar-refractivity contribution in [2.24, 2.45) is 11.8 Å². The summed E-state index contributed by atoms with van der Waals surface area (Å²) >= 11 is 0. The Bertz CT molecular complexity index is 256. The molecule has 1 heterocycles. The zero-order valence-corrected chi connectivity index (χ0v) is 12.0. The molecule has 0 aromatic rings. The topological polar surface area (TPSA) is 52.6 Å². The van der Waals surface area contributed by atoms with Gasteiger partial charge in [0.05, 0.1) is 0 Å². The monoisotopic (exact) mass is 256 g/mol. The van der Waals surface area contributed by atoms with Gasteiger partial charge in [0.2, 0.25) is 0 Å². The highest BCUT2D eigenvalue weighted by Crippen LogP contribution is 2.23. The van der Waals surface area contributed by atoms with Crippen LogP contribution in [0.5, 0.6) is 0 Å². The number of rotatable bonds is 8. The van der Waals surface area contributed by atoms with Crippen LogP contribution in [0.4, 0.5) is 0 Å². The second kappa shape index (κ2) is 7.74. The minimum Gasteiger partial charge on any atom is -0.480 e. The summed E-state index contributed by atoms with van der Waals surface area (Å²) in [6.07, 6.45) is 2.95. The zero-order valence-electron chi connectivity index (χ0n) is 12.0. The number of aliphatic carboxylic acids is 1. The Kier molecular flexibility index (Phi) is 6.65. The molecule has 4 nitrogen and oxygen atoms in total. The van der Waals surface area contributed by atoms with Crippen molar-refractivity contribution >= 4 is 5.97 Å². The molecule has 2 N–H and O–H groups in total. The van der Waals surface area contributed by atoms with Gasteiger partial charge in [0.15, 0.2) is 0 Å².